The molecule has 0 unspecified atom stereocenters. The Balaban J connectivity index is 1.48. The second-order valence-electron chi connectivity index (χ2n) is 6.97. The van der Waals surface area contributed by atoms with Crippen molar-refractivity contribution in [3.05, 3.63) is 111 Å². The van der Waals surface area contributed by atoms with E-state index in [1.165, 1.54) is 25.5 Å². The number of hydrogen-bond donors (Lipinski definition) is 1. The Hall–Kier alpha value is -2.66. The molecule has 0 atom stereocenters. The highest BCUT2D eigenvalue weighted by Crippen LogP contribution is 2.21. The van der Waals surface area contributed by atoms with E-state index in [2.05, 4.69) is 64.3 Å². The lowest BCUT2D eigenvalue weighted by molar-refractivity contribution is 0.102. The molecule has 28 heavy (non-hydrogen) atoms. The second-order valence-corrected chi connectivity index (χ2v) is 8.21. The Kier molecular flexibility index (Phi) is 5.44. The molecule has 1 N–H and O–H groups in total. The van der Waals surface area contributed by atoms with E-state index in [1.807, 2.05) is 55.5 Å². The average Bonchev–Trinajstić information content (AvgIpc) is 2.70. The van der Waals surface area contributed by atoms with Crippen molar-refractivity contribution >= 4 is 45.0 Å². The maximum absolute atomic E-state index is 12.5. The van der Waals surface area contributed by atoms with Gasteiger partial charge in [-0.2, -0.15) is 0 Å². The van der Waals surface area contributed by atoms with Crippen molar-refractivity contribution in [1.82, 2.24) is 0 Å². The standard InChI is InChI=1S/C25H20INO/c1-17-4-2-3-5-24(17)27-25(28)20-9-6-18(7-10-20)14-19-8-11-22-16-23(26)13-12-21(22)15-19/h2-13,15-16H,14H2,1H3,(H,27,28). The smallest absolute Gasteiger partial charge is 0.255 e. The molecule has 0 spiro atoms. The molecule has 2 nitrogen and oxygen atoms in total. The first-order valence-electron chi connectivity index (χ1n) is 9.22. The third-order valence-electron chi connectivity index (χ3n) is 4.88. The van der Waals surface area contributed by atoms with E-state index in [-0.39, 0.29) is 5.91 Å². The fourth-order valence-corrected chi connectivity index (χ4v) is 3.81. The molecule has 0 heterocycles. The Morgan fingerprint density at radius 1 is 0.821 bits per heavy atom. The normalized spacial score (nSPS) is 10.8. The number of hydrogen-bond acceptors (Lipinski definition) is 1. The van der Waals surface area contributed by atoms with Gasteiger partial charge in [0.15, 0.2) is 0 Å². The van der Waals surface area contributed by atoms with Crippen LogP contribution in [0.15, 0.2) is 84.9 Å². The number of carbonyl (C=O) groups excluding carboxylic acids is 1. The first kappa shape index (κ1) is 18.7. The van der Waals surface area contributed by atoms with Gasteiger partial charge >= 0.3 is 0 Å². The third kappa shape index (κ3) is 4.25. The highest BCUT2D eigenvalue weighted by molar-refractivity contribution is 14.1. The van der Waals surface area contributed by atoms with Gasteiger partial charge in [0, 0.05) is 14.8 Å². The van der Waals surface area contributed by atoms with Crippen LogP contribution in [0.3, 0.4) is 0 Å². The SMILES string of the molecule is Cc1ccccc1NC(=O)c1ccc(Cc2ccc3cc(I)ccc3c2)cc1. The van der Waals surface area contributed by atoms with Gasteiger partial charge in [0.2, 0.25) is 0 Å². The topological polar surface area (TPSA) is 29.1 Å². The number of para-hydroxylation sites is 1. The monoisotopic (exact) mass is 477 g/mol. The average molecular weight is 477 g/mol. The first-order valence-corrected chi connectivity index (χ1v) is 10.3. The van der Waals surface area contributed by atoms with Crippen molar-refractivity contribution in [2.24, 2.45) is 0 Å². The molecule has 4 aromatic carbocycles. The number of aryl methyl sites for hydroxylation is 1. The minimum atomic E-state index is -0.0823. The first-order chi connectivity index (χ1) is 13.6. The van der Waals surface area contributed by atoms with Gasteiger partial charge in [-0.25, -0.2) is 0 Å². The van der Waals surface area contributed by atoms with Crippen molar-refractivity contribution in [2.75, 3.05) is 5.32 Å². The van der Waals surface area contributed by atoms with Crippen LogP contribution in [0, 0.1) is 10.5 Å². The summed E-state index contributed by atoms with van der Waals surface area (Å²) < 4.78 is 1.25. The van der Waals surface area contributed by atoms with Gasteiger partial charge in [-0.15, -0.1) is 0 Å². The molecular formula is C25H20INO. The number of rotatable bonds is 4. The molecule has 0 saturated heterocycles. The zero-order chi connectivity index (χ0) is 19.5. The van der Waals surface area contributed by atoms with Crippen LogP contribution in [-0.4, -0.2) is 5.91 Å². The van der Waals surface area contributed by atoms with E-state index in [0.29, 0.717) is 5.56 Å². The second kappa shape index (κ2) is 8.15. The molecule has 0 fully saturated rings. The molecule has 0 saturated carbocycles. The summed E-state index contributed by atoms with van der Waals surface area (Å²) in [5.41, 5.74) is 5.03. The van der Waals surface area contributed by atoms with Gasteiger partial charge in [-0.3, -0.25) is 4.79 Å². The molecule has 0 aliphatic heterocycles. The summed E-state index contributed by atoms with van der Waals surface area (Å²) in [5, 5.41) is 5.50. The molecule has 0 bridgehead atoms. The number of halogens is 1. The summed E-state index contributed by atoms with van der Waals surface area (Å²) >= 11 is 2.34. The quantitative estimate of drug-likeness (QED) is 0.330. The lowest BCUT2D eigenvalue weighted by atomic mass is 10.0. The molecular weight excluding hydrogens is 457 g/mol. The fraction of sp³-hybridized carbons (Fsp3) is 0.0800. The summed E-state index contributed by atoms with van der Waals surface area (Å²) in [6.45, 7) is 1.99. The number of anilines is 1. The third-order valence-corrected chi connectivity index (χ3v) is 5.56. The summed E-state index contributed by atoms with van der Waals surface area (Å²) in [6.07, 6.45) is 0.849. The molecule has 1 amide bonds. The molecule has 4 rings (SSSR count). The fourth-order valence-electron chi connectivity index (χ4n) is 3.29. The predicted octanol–water partition coefficient (Wildman–Crippen LogP) is 6.60. The molecule has 138 valence electrons. The molecule has 0 aromatic heterocycles. The molecule has 3 heteroatoms. The highest BCUT2D eigenvalue weighted by Gasteiger charge is 2.08. The minimum Gasteiger partial charge on any atom is -0.322 e. The van der Waals surface area contributed by atoms with Crippen LogP contribution in [0.2, 0.25) is 0 Å². The van der Waals surface area contributed by atoms with E-state index in [1.54, 1.807) is 0 Å². The lowest BCUT2D eigenvalue weighted by Gasteiger charge is -2.09. The van der Waals surface area contributed by atoms with Gasteiger partial charge in [0.05, 0.1) is 0 Å². The van der Waals surface area contributed by atoms with Crippen LogP contribution in [0.5, 0.6) is 0 Å². The minimum absolute atomic E-state index is 0.0823. The van der Waals surface area contributed by atoms with Crippen molar-refractivity contribution in [2.45, 2.75) is 13.3 Å². The lowest BCUT2D eigenvalue weighted by Crippen LogP contribution is -2.12. The Bertz CT molecular complexity index is 1150. The Morgan fingerprint density at radius 3 is 2.29 bits per heavy atom. The summed E-state index contributed by atoms with van der Waals surface area (Å²) in [5.74, 6) is -0.0823. The largest absolute Gasteiger partial charge is 0.322 e. The van der Waals surface area contributed by atoms with E-state index >= 15 is 0 Å². The van der Waals surface area contributed by atoms with Crippen LogP contribution in [-0.2, 0) is 6.42 Å². The van der Waals surface area contributed by atoms with Crippen LogP contribution in [0.4, 0.5) is 5.69 Å². The van der Waals surface area contributed by atoms with Gasteiger partial charge in [-0.1, -0.05) is 54.6 Å². The zero-order valence-electron chi connectivity index (χ0n) is 15.6. The maximum Gasteiger partial charge on any atom is 0.255 e. The van der Waals surface area contributed by atoms with Crippen LogP contribution in [0.25, 0.3) is 10.8 Å². The summed E-state index contributed by atoms with van der Waals surface area (Å²) in [7, 11) is 0. The predicted molar refractivity (Wildman–Crippen MR) is 125 cm³/mol. The van der Waals surface area contributed by atoms with E-state index in [4.69, 9.17) is 0 Å². The van der Waals surface area contributed by atoms with E-state index in [9.17, 15) is 4.79 Å². The Morgan fingerprint density at radius 2 is 1.50 bits per heavy atom. The van der Waals surface area contributed by atoms with Crippen molar-refractivity contribution in [3.8, 4) is 0 Å². The van der Waals surface area contributed by atoms with E-state index in [0.717, 1.165) is 17.7 Å². The number of carbonyl (C=O) groups is 1. The summed E-state index contributed by atoms with van der Waals surface area (Å²) in [6, 6.07) is 28.7. The van der Waals surface area contributed by atoms with Gasteiger partial charge in [-0.05, 0) is 93.7 Å². The van der Waals surface area contributed by atoms with Gasteiger partial charge in [0.25, 0.3) is 5.91 Å². The number of amides is 1. The Labute approximate surface area is 178 Å². The highest BCUT2D eigenvalue weighted by atomic mass is 127. The van der Waals surface area contributed by atoms with Gasteiger partial charge in [0.1, 0.15) is 0 Å². The van der Waals surface area contributed by atoms with E-state index < -0.39 is 0 Å². The molecule has 0 aliphatic rings. The zero-order valence-corrected chi connectivity index (χ0v) is 17.7. The van der Waals surface area contributed by atoms with Crippen molar-refractivity contribution in [1.29, 1.82) is 0 Å². The van der Waals surface area contributed by atoms with Crippen molar-refractivity contribution in [3.63, 3.8) is 0 Å². The van der Waals surface area contributed by atoms with Crippen molar-refractivity contribution < 1.29 is 4.79 Å². The number of nitrogens with one attached hydrogen (secondary N) is 1. The van der Waals surface area contributed by atoms with Crippen LogP contribution >= 0.6 is 22.6 Å². The van der Waals surface area contributed by atoms with Crippen LogP contribution in [0.1, 0.15) is 27.0 Å². The van der Waals surface area contributed by atoms with Crippen LogP contribution < -0.4 is 5.32 Å². The number of fused-ring (bicyclic) bond motifs is 1. The molecule has 0 aliphatic carbocycles. The van der Waals surface area contributed by atoms with Gasteiger partial charge < -0.3 is 5.32 Å². The molecule has 0 radical (unpaired) electrons. The summed E-state index contributed by atoms with van der Waals surface area (Å²) in [4.78, 5) is 12.5. The molecule has 4 aromatic rings. The maximum atomic E-state index is 12.5. The number of benzene rings is 4.